The van der Waals surface area contributed by atoms with E-state index in [0.29, 0.717) is 22.9 Å². The molecule has 0 aromatic heterocycles. The highest BCUT2D eigenvalue weighted by Crippen LogP contribution is 2.21. The molecule has 22 heavy (non-hydrogen) atoms. The lowest BCUT2D eigenvalue weighted by Gasteiger charge is -2.11. The molecule has 0 saturated carbocycles. The van der Waals surface area contributed by atoms with Crippen LogP contribution in [0.3, 0.4) is 0 Å². The van der Waals surface area contributed by atoms with Gasteiger partial charge < -0.3 is 10.1 Å². The standard InChI is InChI=1S/C16H22FNO3S/c1-10(2)5-6-22-9-15(19)18-14-8-12(16(20)21-4)7-13(17)11(14)3/h7-8,10H,5-6,9H2,1-4H3,(H,18,19). The van der Waals surface area contributed by atoms with Gasteiger partial charge in [0, 0.05) is 11.3 Å². The number of esters is 1. The molecule has 0 atom stereocenters. The van der Waals surface area contributed by atoms with Gasteiger partial charge in [0.05, 0.1) is 18.4 Å². The summed E-state index contributed by atoms with van der Waals surface area (Å²) in [5.74, 6) is 0.407. The number of carbonyl (C=O) groups excluding carboxylic acids is 2. The van der Waals surface area contributed by atoms with Crippen LogP contribution in [0.1, 0.15) is 36.2 Å². The number of halogens is 1. The summed E-state index contributed by atoms with van der Waals surface area (Å²) in [5, 5.41) is 2.65. The van der Waals surface area contributed by atoms with Gasteiger partial charge in [-0.3, -0.25) is 4.79 Å². The maximum atomic E-state index is 13.8. The highest BCUT2D eigenvalue weighted by molar-refractivity contribution is 7.99. The molecule has 0 aliphatic carbocycles. The summed E-state index contributed by atoms with van der Waals surface area (Å²) in [7, 11) is 1.23. The molecule has 1 N–H and O–H groups in total. The average Bonchev–Trinajstić information content (AvgIpc) is 2.47. The number of amides is 1. The topological polar surface area (TPSA) is 55.4 Å². The van der Waals surface area contributed by atoms with Crippen LogP contribution >= 0.6 is 11.8 Å². The van der Waals surface area contributed by atoms with Crippen molar-refractivity contribution in [2.75, 3.05) is 23.9 Å². The molecule has 0 fully saturated rings. The van der Waals surface area contributed by atoms with Gasteiger partial charge in [0.15, 0.2) is 0 Å². The molecule has 0 radical (unpaired) electrons. The molecule has 0 aliphatic heterocycles. The zero-order valence-corrected chi connectivity index (χ0v) is 14.2. The first-order valence-electron chi connectivity index (χ1n) is 7.11. The van der Waals surface area contributed by atoms with Crippen molar-refractivity contribution < 1.29 is 18.7 Å². The number of ether oxygens (including phenoxy) is 1. The van der Waals surface area contributed by atoms with Crippen molar-refractivity contribution in [1.29, 1.82) is 0 Å². The van der Waals surface area contributed by atoms with Crippen LogP contribution in [-0.4, -0.2) is 30.5 Å². The minimum atomic E-state index is -0.638. The first-order chi connectivity index (χ1) is 10.3. The zero-order chi connectivity index (χ0) is 16.7. The molecule has 0 aliphatic rings. The largest absolute Gasteiger partial charge is 0.465 e. The number of nitrogens with one attached hydrogen (secondary N) is 1. The Morgan fingerprint density at radius 1 is 1.36 bits per heavy atom. The maximum absolute atomic E-state index is 13.8. The van der Waals surface area contributed by atoms with Crippen LogP contribution in [-0.2, 0) is 9.53 Å². The summed E-state index contributed by atoms with van der Waals surface area (Å²) >= 11 is 1.54. The summed E-state index contributed by atoms with van der Waals surface area (Å²) in [4.78, 5) is 23.4. The van der Waals surface area contributed by atoms with Crippen molar-refractivity contribution in [2.24, 2.45) is 5.92 Å². The summed E-state index contributed by atoms with van der Waals surface area (Å²) in [5.41, 5.74) is 0.677. The van der Waals surface area contributed by atoms with Crippen LogP contribution < -0.4 is 5.32 Å². The molecule has 1 rings (SSSR count). The number of benzene rings is 1. The number of methoxy groups -OCH3 is 1. The van der Waals surface area contributed by atoms with Gasteiger partial charge >= 0.3 is 5.97 Å². The van der Waals surface area contributed by atoms with Crippen LogP contribution in [0.5, 0.6) is 0 Å². The van der Waals surface area contributed by atoms with Crippen molar-refractivity contribution in [3.63, 3.8) is 0 Å². The highest BCUT2D eigenvalue weighted by Gasteiger charge is 2.14. The molecule has 1 amide bonds. The van der Waals surface area contributed by atoms with E-state index < -0.39 is 11.8 Å². The first-order valence-corrected chi connectivity index (χ1v) is 8.26. The molecule has 1 aromatic carbocycles. The number of rotatable bonds is 7. The summed E-state index contributed by atoms with van der Waals surface area (Å²) in [6, 6.07) is 2.54. The van der Waals surface area contributed by atoms with E-state index in [1.54, 1.807) is 6.92 Å². The van der Waals surface area contributed by atoms with Gasteiger partial charge in [0.2, 0.25) is 5.91 Å². The second kappa shape index (κ2) is 8.78. The third-order valence-electron chi connectivity index (χ3n) is 3.11. The fraction of sp³-hybridized carbons (Fsp3) is 0.500. The van der Waals surface area contributed by atoms with Crippen molar-refractivity contribution in [3.8, 4) is 0 Å². The lowest BCUT2D eigenvalue weighted by Crippen LogP contribution is -2.16. The molecule has 0 spiro atoms. The minimum absolute atomic E-state index is 0.0772. The number of hydrogen-bond donors (Lipinski definition) is 1. The van der Waals surface area contributed by atoms with Crippen LogP contribution in [0, 0.1) is 18.7 Å². The Bertz CT molecular complexity index is 546. The molecule has 0 saturated heterocycles. The molecule has 0 heterocycles. The monoisotopic (exact) mass is 327 g/mol. The Morgan fingerprint density at radius 2 is 2.05 bits per heavy atom. The first kappa shape index (κ1) is 18.5. The van der Waals surface area contributed by atoms with Gasteiger partial charge in [-0.15, -0.1) is 0 Å². The molecular weight excluding hydrogens is 305 g/mol. The molecule has 0 bridgehead atoms. The normalized spacial score (nSPS) is 10.6. The summed E-state index contributed by atoms with van der Waals surface area (Å²) in [6.07, 6.45) is 1.05. The Balaban J connectivity index is 2.69. The number of thioether (sulfide) groups is 1. The van der Waals surface area contributed by atoms with Crippen LogP contribution in [0.15, 0.2) is 12.1 Å². The van der Waals surface area contributed by atoms with Gasteiger partial charge in [-0.05, 0) is 37.1 Å². The maximum Gasteiger partial charge on any atom is 0.338 e. The van der Waals surface area contributed by atoms with E-state index in [1.807, 2.05) is 0 Å². The highest BCUT2D eigenvalue weighted by atomic mass is 32.2. The van der Waals surface area contributed by atoms with E-state index in [4.69, 9.17) is 0 Å². The predicted molar refractivity (Wildman–Crippen MR) is 87.9 cm³/mol. The van der Waals surface area contributed by atoms with Crippen LogP contribution in [0.2, 0.25) is 0 Å². The zero-order valence-electron chi connectivity index (χ0n) is 13.4. The van der Waals surface area contributed by atoms with E-state index in [9.17, 15) is 14.0 Å². The summed E-state index contributed by atoms with van der Waals surface area (Å²) in [6.45, 7) is 5.81. The van der Waals surface area contributed by atoms with Gasteiger partial charge in [0.1, 0.15) is 5.82 Å². The Morgan fingerprint density at radius 3 is 2.64 bits per heavy atom. The van der Waals surface area contributed by atoms with E-state index in [2.05, 4.69) is 23.9 Å². The Hall–Kier alpha value is -1.56. The smallest absolute Gasteiger partial charge is 0.338 e. The fourth-order valence-corrected chi connectivity index (χ4v) is 2.75. The minimum Gasteiger partial charge on any atom is -0.465 e. The third-order valence-corrected chi connectivity index (χ3v) is 4.10. The van der Waals surface area contributed by atoms with Crippen molar-refractivity contribution >= 4 is 29.3 Å². The van der Waals surface area contributed by atoms with E-state index in [0.717, 1.165) is 18.2 Å². The lowest BCUT2D eigenvalue weighted by atomic mass is 10.1. The average molecular weight is 327 g/mol. The van der Waals surface area contributed by atoms with E-state index >= 15 is 0 Å². The van der Waals surface area contributed by atoms with Crippen molar-refractivity contribution in [2.45, 2.75) is 27.2 Å². The van der Waals surface area contributed by atoms with Crippen LogP contribution in [0.25, 0.3) is 0 Å². The third kappa shape index (κ3) is 5.67. The molecule has 122 valence electrons. The van der Waals surface area contributed by atoms with Crippen molar-refractivity contribution in [3.05, 3.63) is 29.1 Å². The number of carbonyl (C=O) groups is 2. The van der Waals surface area contributed by atoms with Gasteiger partial charge in [-0.2, -0.15) is 11.8 Å². The fourth-order valence-electron chi connectivity index (χ4n) is 1.71. The molecule has 4 nitrogen and oxygen atoms in total. The predicted octanol–water partition coefficient (Wildman–Crippen LogP) is 3.64. The molecule has 6 heteroatoms. The van der Waals surface area contributed by atoms with Crippen molar-refractivity contribution in [1.82, 2.24) is 0 Å². The SMILES string of the molecule is COC(=O)c1cc(F)c(C)c(NC(=O)CSCCC(C)C)c1. The summed E-state index contributed by atoms with van der Waals surface area (Å²) < 4.78 is 18.4. The second-order valence-corrected chi connectivity index (χ2v) is 6.51. The molecular formula is C16H22FNO3S. The lowest BCUT2D eigenvalue weighted by molar-refractivity contribution is -0.113. The Kier molecular flexibility index (Phi) is 7.38. The Labute approximate surface area is 134 Å². The molecule has 0 unspecified atom stereocenters. The quantitative estimate of drug-likeness (QED) is 0.614. The van der Waals surface area contributed by atoms with E-state index in [-0.39, 0.29) is 11.5 Å². The molecule has 1 aromatic rings. The van der Waals surface area contributed by atoms with Gasteiger partial charge in [0.25, 0.3) is 0 Å². The number of anilines is 1. The number of hydrogen-bond acceptors (Lipinski definition) is 4. The van der Waals surface area contributed by atoms with Gasteiger partial charge in [-0.25, -0.2) is 9.18 Å². The van der Waals surface area contributed by atoms with Gasteiger partial charge in [-0.1, -0.05) is 13.8 Å². The van der Waals surface area contributed by atoms with Crippen LogP contribution in [0.4, 0.5) is 10.1 Å². The second-order valence-electron chi connectivity index (χ2n) is 5.41. The van der Waals surface area contributed by atoms with E-state index in [1.165, 1.54) is 24.9 Å².